The van der Waals surface area contributed by atoms with E-state index in [1.807, 2.05) is 0 Å². The molecule has 2 unspecified atom stereocenters. The summed E-state index contributed by atoms with van der Waals surface area (Å²) in [6.45, 7) is 20.7. The summed E-state index contributed by atoms with van der Waals surface area (Å²) in [6.07, 6.45) is 2.15. The van der Waals surface area contributed by atoms with E-state index in [1.165, 1.54) is 44.5 Å². The molecule has 2 nitrogen and oxygen atoms in total. The van der Waals surface area contributed by atoms with E-state index in [1.54, 1.807) is 0 Å². The Morgan fingerprint density at radius 2 is 0.457 bits per heavy atom. The maximum atomic E-state index is 2.39. The third-order valence-electron chi connectivity index (χ3n) is 15.7. The van der Waals surface area contributed by atoms with Gasteiger partial charge in [0.2, 0.25) is 0 Å². The molecule has 0 aromatic heterocycles. The van der Waals surface area contributed by atoms with Gasteiger partial charge in [0.15, 0.2) is 0 Å². The molecule has 0 amide bonds. The first-order chi connectivity index (χ1) is 33.4. The van der Waals surface area contributed by atoms with E-state index < -0.39 is 0 Å². The molecule has 0 aliphatic heterocycles. The molecule has 70 heavy (non-hydrogen) atoms. The average Bonchev–Trinajstić information content (AvgIpc) is 3.43. The lowest BCUT2D eigenvalue weighted by molar-refractivity contribution is -0.964. The molecule has 4 heteroatoms. The van der Waals surface area contributed by atoms with Crippen LogP contribution in [0.15, 0.2) is 243 Å². The van der Waals surface area contributed by atoms with Crippen molar-refractivity contribution in [3.8, 4) is 0 Å². The quantitative estimate of drug-likeness (QED) is 0.0528. The largest absolute Gasteiger partial charge is 1.00 e. The molecule has 8 aromatic carbocycles. The second-order valence-corrected chi connectivity index (χ2v) is 18.6. The second kappa shape index (κ2) is 26.6. The lowest BCUT2D eigenvalue weighted by Crippen LogP contribution is -3.00. The summed E-state index contributed by atoms with van der Waals surface area (Å²) in [4.78, 5) is 0. The van der Waals surface area contributed by atoms with E-state index in [2.05, 4.69) is 284 Å². The minimum atomic E-state index is -0.265. The minimum absolute atomic E-state index is 0. The SMILES string of the molecule is CCC(C(c1ccccc1)(c1ccccc1)c1ccccc1)[N+](CC)(CC)Cc1ccccc1.CCC(C(c1ccccc1)(c1ccccc1)c1ccccc1)[N+](CC)(CC)Cc1ccccc1.[Br-].[Cl-]. The highest BCUT2D eigenvalue weighted by molar-refractivity contribution is 5.53. The molecule has 0 N–H and O–H groups in total. The fourth-order valence-corrected chi connectivity index (χ4v) is 12.5. The molecule has 364 valence electrons. The molecule has 0 radical (unpaired) electrons. The number of likely N-dealkylation sites (N-methyl/N-ethyl adjacent to an activating group) is 2. The Balaban J connectivity index is 0.000000254. The standard InChI is InChI=1S/2C33H38N.BrH.ClH/c2*1-4-32(34(5-2,6-3)27-28-19-11-7-12-20-28)33(29-21-13-8-14-22-29,30-23-15-9-16-24-30)31-25-17-10-18-26-31;;/h2*7-26,32H,4-6,27H2,1-3H3;2*1H/q2*+1;;/p-2. The van der Waals surface area contributed by atoms with E-state index in [9.17, 15) is 0 Å². The summed E-state index contributed by atoms with van der Waals surface area (Å²) in [6, 6.07) is 90.1. The van der Waals surface area contributed by atoms with Crippen LogP contribution in [0, 0.1) is 0 Å². The minimum Gasteiger partial charge on any atom is -1.00 e. The van der Waals surface area contributed by atoms with Gasteiger partial charge in [-0.25, -0.2) is 0 Å². The van der Waals surface area contributed by atoms with Crippen molar-refractivity contribution in [3.63, 3.8) is 0 Å². The van der Waals surface area contributed by atoms with Gasteiger partial charge in [0, 0.05) is 11.1 Å². The second-order valence-electron chi connectivity index (χ2n) is 18.6. The first-order valence-corrected chi connectivity index (χ1v) is 25.5. The highest BCUT2D eigenvalue weighted by Crippen LogP contribution is 2.49. The van der Waals surface area contributed by atoms with Crippen molar-refractivity contribution in [1.29, 1.82) is 0 Å². The van der Waals surface area contributed by atoms with Crippen LogP contribution < -0.4 is 29.4 Å². The molecule has 0 aliphatic carbocycles. The Labute approximate surface area is 439 Å². The normalized spacial score (nSPS) is 12.5. The van der Waals surface area contributed by atoms with E-state index in [0.717, 1.165) is 61.1 Å². The molecule has 0 saturated carbocycles. The highest BCUT2D eigenvalue weighted by atomic mass is 79.9. The molecular weight excluding hydrogens is 936 g/mol. The summed E-state index contributed by atoms with van der Waals surface area (Å²) in [5, 5.41) is 0. The summed E-state index contributed by atoms with van der Waals surface area (Å²) in [5.74, 6) is 0. The first-order valence-electron chi connectivity index (χ1n) is 25.5. The lowest BCUT2D eigenvalue weighted by atomic mass is 9.62. The predicted octanol–water partition coefficient (Wildman–Crippen LogP) is 9.72. The third-order valence-corrected chi connectivity index (χ3v) is 15.7. The Morgan fingerprint density at radius 1 is 0.286 bits per heavy atom. The van der Waals surface area contributed by atoms with Crippen molar-refractivity contribution in [2.45, 2.75) is 90.4 Å². The number of nitrogens with zero attached hydrogens (tertiary/aromatic N) is 2. The Kier molecular flexibility index (Phi) is 21.0. The van der Waals surface area contributed by atoms with Crippen LogP contribution in [0.4, 0.5) is 0 Å². The van der Waals surface area contributed by atoms with Crippen LogP contribution in [-0.4, -0.2) is 47.2 Å². The number of hydrogen-bond acceptors (Lipinski definition) is 0. The van der Waals surface area contributed by atoms with Crippen LogP contribution in [0.5, 0.6) is 0 Å². The van der Waals surface area contributed by atoms with Gasteiger partial charge in [-0.15, -0.1) is 0 Å². The van der Waals surface area contributed by atoms with Crippen LogP contribution in [-0.2, 0) is 23.9 Å². The smallest absolute Gasteiger partial charge is 0.107 e. The summed E-state index contributed by atoms with van der Waals surface area (Å²) < 4.78 is 2.05. The zero-order chi connectivity index (χ0) is 47.7. The van der Waals surface area contributed by atoms with E-state index in [0.29, 0.717) is 12.1 Å². The van der Waals surface area contributed by atoms with Crippen LogP contribution in [0.2, 0.25) is 0 Å². The average molecular weight is 1010 g/mol. The molecule has 0 saturated heterocycles. The van der Waals surface area contributed by atoms with Gasteiger partial charge in [0.25, 0.3) is 0 Å². The van der Waals surface area contributed by atoms with Crippen LogP contribution in [0.3, 0.4) is 0 Å². The maximum absolute atomic E-state index is 2.39. The highest BCUT2D eigenvalue weighted by Gasteiger charge is 2.54. The van der Waals surface area contributed by atoms with Gasteiger partial charge in [0.05, 0.1) is 37.0 Å². The van der Waals surface area contributed by atoms with Crippen molar-refractivity contribution >= 4 is 0 Å². The zero-order valence-corrected chi connectivity index (χ0v) is 44.9. The van der Waals surface area contributed by atoms with Crippen molar-refractivity contribution in [3.05, 3.63) is 287 Å². The van der Waals surface area contributed by atoms with Crippen molar-refractivity contribution in [1.82, 2.24) is 0 Å². The van der Waals surface area contributed by atoms with Gasteiger partial charge in [-0.1, -0.05) is 257 Å². The van der Waals surface area contributed by atoms with Crippen LogP contribution in [0.1, 0.15) is 98.9 Å². The van der Waals surface area contributed by atoms with E-state index in [-0.39, 0.29) is 40.2 Å². The number of hydrogen-bond donors (Lipinski definition) is 0. The lowest BCUT2D eigenvalue weighted by Gasteiger charge is -2.53. The van der Waals surface area contributed by atoms with Gasteiger partial charge in [-0.3, -0.25) is 0 Å². The Morgan fingerprint density at radius 3 is 0.614 bits per heavy atom. The van der Waals surface area contributed by atoms with Crippen molar-refractivity contribution in [2.75, 3.05) is 26.2 Å². The molecule has 8 rings (SSSR count). The molecule has 0 aliphatic rings. The summed E-state index contributed by atoms with van der Waals surface area (Å²) in [7, 11) is 0. The summed E-state index contributed by atoms with van der Waals surface area (Å²) in [5.41, 5.74) is 10.5. The number of quaternary nitrogens is 2. The maximum Gasteiger partial charge on any atom is 0.107 e. The van der Waals surface area contributed by atoms with Crippen LogP contribution in [0.25, 0.3) is 0 Å². The van der Waals surface area contributed by atoms with E-state index in [4.69, 9.17) is 0 Å². The van der Waals surface area contributed by atoms with Crippen molar-refractivity contribution < 1.29 is 38.4 Å². The van der Waals surface area contributed by atoms with Crippen molar-refractivity contribution in [2.24, 2.45) is 0 Å². The van der Waals surface area contributed by atoms with Gasteiger partial charge >= 0.3 is 0 Å². The van der Waals surface area contributed by atoms with Gasteiger partial charge in [0.1, 0.15) is 25.2 Å². The molecule has 8 aromatic rings. The van der Waals surface area contributed by atoms with E-state index >= 15 is 0 Å². The molecular formula is C66H76BrClN2. The Hall–Kier alpha value is -5.55. The molecule has 2 atom stereocenters. The van der Waals surface area contributed by atoms with Gasteiger partial charge < -0.3 is 38.4 Å². The molecule has 0 bridgehead atoms. The third kappa shape index (κ3) is 11.3. The number of benzene rings is 8. The molecule has 0 heterocycles. The first kappa shape index (κ1) is 55.4. The summed E-state index contributed by atoms with van der Waals surface area (Å²) >= 11 is 0. The van der Waals surface area contributed by atoms with Gasteiger partial charge in [-0.05, 0) is 73.9 Å². The fourth-order valence-electron chi connectivity index (χ4n) is 12.5. The molecule has 0 fully saturated rings. The Bertz CT molecular complexity index is 2240. The molecule has 0 spiro atoms. The topological polar surface area (TPSA) is 0 Å². The van der Waals surface area contributed by atoms with Gasteiger partial charge in [-0.2, -0.15) is 0 Å². The fraction of sp³-hybridized carbons (Fsp3) is 0.273. The number of rotatable bonds is 20. The monoisotopic (exact) mass is 1010 g/mol. The van der Waals surface area contributed by atoms with Crippen LogP contribution >= 0.6 is 0 Å². The predicted molar refractivity (Wildman–Crippen MR) is 290 cm³/mol. The number of halogens is 2. The zero-order valence-electron chi connectivity index (χ0n) is 42.6.